The fourth-order valence-electron chi connectivity index (χ4n) is 5.64. The third-order valence-corrected chi connectivity index (χ3v) is 8.69. The zero-order valence-corrected chi connectivity index (χ0v) is 24.2. The van der Waals surface area contributed by atoms with Gasteiger partial charge in [0.2, 0.25) is 5.67 Å². The van der Waals surface area contributed by atoms with E-state index >= 15 is 22.0 Å². The van der Waals surface area contributed by atoms with Gasteiger partial charge in [0.1, 0.15) is 0 Å². The van der Waals surface area contributed by atoms with Crippen molar-refractivity contribution >= 4 is 53.4 Å². The molecule has 198 valence electrons. The minimum atomic E-state index is -4.47. The first-order valence-electron chi connectivity index (χ1n) is 12.3. The molecule has 0 aliphatic heterocycles. The van der Waals surface area contributed by atoms with Crippen molar-refractivity contribution in [2.24, 2.45) is 0 Å². The Morgan fingerprint density at radius 3 is 1.21 bits per heavy atom. The van der Waals surface area contributed by atoms with E-state index in [1.54, 1.807) is 48.5 Å². The van der Waals surface area contributed by atoms with E-state index < -0.39 is 28.6 Å². The van der Waals surface area contributed by atoms with Crippen molar-refractivity contribution in [2.75, 3.05) is 0 Å². The molecule has 7 heteroatoms. The minimum Gasteiger partial charge on any atom is -0.230 e. The Balaban J connectivity index is 1.92. The first-order valence-corrected chi connectivity index (χ1v) is 13.9. The highest BCUT2D eigenvalue weighted by molar-refractivity contribution is 9.10. The summed E-state index contributed by atoms with van der Waals surface area (Å²) in [4.78, 5) is 0. The maximum absolute atomic E-state index is 16.1. The first-order chi connectivity index (χ1) is 18.3. The van der Waals surface area contributed by atoms with Gasteiger partial charge in [0, 0.05) is 30.8 Å². The van der Waals surface area contributed by atoms with Crippen LogP contribution in [0.25, 0.3) is 43.8 Å². The summed E-state index contributed by atoms with van der Waals surface area (Å²) < 4.78 is 81.5. The van der Waals surface area contributed by atoms with Crippen LogP contribution < -0.4 is 0 Å². The highest BCUT2D eigenvalue weighted by Crippen LogP contribution is 2.66. The zero-order chi connectivity index (χ0) is 28.1. The first kappa shape index (κ1) is 26.5. The largest absolute Gasteiger partial charge is 0.313 e. The number of benzene rings is 5. The molecule has 0 atom stereocenters. The second-order valence-corrected chi connectivity index (χ2v) is 12.2. The van der Waals surface area contributed by atoms with Crippen LogP contribution in [0.2, 0.25) is 0 Å². The molecule has 0 spiro atoms. The molecule has 0 heterocycles. The molecular formula is C32H21Br2F5. The molecule has 0 saturated carbocycles. The molecule has 5 aromatic rings. The van der Waals surface area contributed by atoms with E-state index in [2.05, 4.69) is 31.9 Å². The normalized spacial score (nSPS) is 17.1. The predicted octanol–water partition coefficient (Wildman–Crippen LogP) is 11.4. The average molecular weight is 660 g/mol. The van der Waals surface area contributed by atoms with Crippen molar-refractivity contribution in [3.05, 3.63) is 104 Å². The number of halogens is 7. The van der Waals surface area contributed by atoms with Gasteiger partial charge in [0.25, 0.3) is 0 Å². The van der Waals surface area contributed by atoms with Crippen molar-refractivity contribution in [3.8, 4) is 22.3 Å². The maximum atomic E-state index is 16.1. The van der Waals surface area contributed by atoms with Crippen molar-refractivity contribution in [2.45, 2.75) is 38.3 Å². The Morgan fingerprint density at radius 2 is 0.872 bits per heavy atom. The van der Waals surface area contributed by atoms with Crippen LogP contribution in [0.15, 0.2) is 81.7 Å². The minimum absolute atomic E-state index is 0.0800. The van der Waals surface area contributed by atoms with E-state index in [0.717, 1.165) is 11.1 Å². The van der Waals surface area contributed by atoms with Crippen LogP contribution in [0.1, 0.15) is 29.2 Å². The fourth-order valence-corrected chi connectivity index (χ4v) is 6.56. The van der Waals surface area contributed by atoms with E-state index in [4.69, 9.17) is 0 Å². The number of hydrogen-bond acceptors (Lipinski definition) is 0. The van der Waals surface area contributed by atoms with Gasteiger partial charge in [-0.1, -0.05) is 91.5 Å². The summed E-state index contributed by atoms with van der Waals surface area (Å²) >= 11 is 7.01. The number of hydrogen-bond donors (Lipinski definition) is 0. The Bertz CT molecular complexity index is 1670. The molecule has 39 heavy (non-hydrogen) atoms. The SMILES string of the molecule is Cc1ccc(-c2cc(Br)cc3c2c2c(c4c(-c5ccc(C)cc5)cc(Br)cc43)C(F)(F)C(C)(F)C2(F)F)cc1. The lowest BCUT2D eigenvalue weighted by molar-refractivity contribution is -0.228. The molecule has 1 aliphatic rings. The number of fused-ring (bicyclic) bond motifs is 6. The maximum Gasteiger partial charge on any atom is 0.313 e. The molecule has 5 aromatic carbocycles. The molecule has 0 nitrogen and oxygen atoms in total. The van der Waals surface area contributed by atoms with E-state index in [9.17, 15) is 0 Å². The molecule has 6 rings (SSSR count). The highest BCUT2D eigenvalue weighted by Gasteiger charge is 2.75. The van der Waals surface area contributed by atoms with Gasteiger partial charge in [0.15, 0.2) is 0 Å². The molecule has 0 aromatic heterocycles. The van der Waals surface area contributed by atoms with Crippen molar-refractivity contribution < 1.29 is 22.0 Å². The van der Waals surface area contributed by atoms with Crippen molar-refractivity contribution in [1.29, 1.82) is 0 Å². The lowest BCUT2D eigenvalue weighted by Crippen LogP contribution is -2.44. The van der Waals surface area contributed by atoms with Gasteiger partial charge in [0.05, 0.1) is 0 Å². The summed E-state index contributed by atoms with van der Waals surface area (Å²) in [5.41, 5.74) is -2.38. The molecule has 0 amide bonds. The third-order valence-electron chi connectivity index (χ3n) is 7.78. The molecule has 0 radical (unpaired) electrons. The van der Waals surface area contributed by atoms with Crippen LogP contribution in [-0.4, -0.2) is 5.67 Å². The molecule has 1 aliphatic carbocycles. The van der Waals surface area contributed by atoms with E-state index in [1.807, 2.05) is 38.1 Å². The monoisotopic (exact) mass is 658 g/mol. The van der Waals surface area contributed by atoms with Crippen LogP contribution in [-0.2, 0) is 11.8 Å². The van der Waals surface area contributed by atoms with E-state index in [1.165, 1.54) is 0 Å². The smallest absolute Gasteiger partial charge is 0.230 e. The third kappa shape index (κ3) is 3.65. The molecule has 0 bridgehead atoms. The zero-order valence-electron chi connectivity index (χ0n) is 21.1. The van der Waals surface area contributed by atoms with Gasteiger partial charge < -0.3 is 0 Å². The number of aryl methyl sites for hydroxylation is 2. The van der Waals surface area contributed by atoms with E-state index in [0.29, 0.717) is 48.9 Å². The Kier molecular flexibility index (Phi) is 5.84. The lowest BCUT2D eigenvalue weighted by Gasteiger charge is -2.28. The van der Waals surface area contributed by atoms with Crippen LogP contribution in [0.4, 0.5) is 22.0 Å². The highest BCUT2D eigenvalue weighted by atomic mass is 79.9. The Labute approximate surface area is 239 Å². The van der Waals surface area contributed by atoms with Gasteiger partial charge in [-0.3, -0.25) is 0 Å². The molecule has 0 unspecified atom stereocenters. The van der Waals surface area contributed by atoms with Crippen LogP contribution >= 0.6 is 31.9 Å². The van der Waals surface area contributed by atoms with Gasteiger partial charge in [-0.15, -0.1) is 0 Å². The van der Waals surface area contributed by atoms with Gasteiger partial charge >= 0.3 is 11.8 Å². The quantitative estimate of drug-likeness (QED) is 0.131. The molecular weight excluding hydrogens is 639 g/mol. The molecule has 0 N–H and O–H groups in total. The number of rotatable bonds is 2. The summed E-state index contributed by atoms with van der Waals surface area (Å²) in [6.07, 6.45) is 0. The van der Waals surface area contributed by atoms with Gasteiger partial charge in [-0.05, 0) is 78.1 Å². The fraction of sp³-hybridized carbons (Fsp3) is 0.188. The Hall–Kier alpha value is -2.77. The number of alkyl halides is 5. The van der Waals surface area contributed by atoms with Gasteiger partial charge in [-0.2, -0.15) is 17.6 Å². The summed E-state index contributed by atoms with van der Waals surface area (Å²) in [6.45, 7) is 4.09. The lowest BCUT2D eigenvalue weighted by atomic mass is 9.84. The average Bonchev–Trinajstić information content (AvgIpc) is 2.98. The standard InChI is InChI=1S/C32H21Br2F5/c1-16-4-8-18(9-5-16)22-12-20(33)14-24-25-15-21(34)13-23(19-10-6-17(2)7-11-19)27(25)29-28(26(22)24)31(36,37)30(3,35)32(29,38)39/h4-15H,1-3H3. The summed E-state index contributed by atoms with van der Waals surface area (Å²) in [5.74, 6) is -8.94. The van der Waals surface area contributed by atoms with Crippen LogP contribution in [0, 0.1) is 13.8 Å². The van der Waals surface area contributed by atoms with Crippen molar-refractivity contribution in [1.82, 2.24) is 0 Å². The Morgan fingerprint density at radius 1 is 0.538 bits per heavy atom. The predicted molar refractivity (Wildman–Crippen MR) is 155 cm³/mol. The van der Waals surface area contributed by atoms with Crippen molar-refractivity contribution in [3.63, 3.8) is 0 Å². The topological polar surface area (TPSA) is 0 Å². The summed E-state index contributed by atoms with van der Waals surface area (Å²) in [7, 11) is 0. The van der Waals surface area contributed by atoms with Gasteiger partial charge in [-0.25, -0.2) is 4.39 Å². The molecule has 0 fully saturated rings. The second kappa shape index (κ2) is 8.61. The van der Waals surface area contributed by atoms with Crippen LogP contribution in [0.3, 0.4) is 0 Å². The van der Waals surface area contributed by atoms with E-state index in [-0.39, 0.29) is 10.8 Å². The molecule has 0 saturated heterocycles. The summed E-state index contributed by atoms with van der Waals surface area (Å²) in [6, 6.07) is 20.8. The second-order valence-electron chi connectivity index (χ2n) is 10.4. The summed E-state index contributed by atoms with van der Waals surface area (Å²) in [5, 5.41) is 0.500. The van der Waals surface area contributed by atoms with Crippen LogP contribution in [0.5, 0.6) is 0 Å².